The van der Waals surface area contributed by atoms with Crippen molar-refractivity contribution in [3.8, 4) is 0 Å². The molecule has 0 saturated carbocycles. The number of rotatable bonds is 6. The molecule has 26 heavy (non-hydrogen) atoms. The zero-order chi connectivity index (χ0) is 17.8. The van der Waals surface area contributed by atoms with Crippen LogP contribution in [0, 0.1) is 6.92 Å². The topological polar surface area (TPSA) is 75.9 Å². The Labute approximate surface area is 154 Å². The third kappa shape index (κ3) is 4.17. The highest BCUT2D eigenvalue weighted by atomic mass is 15.5. The average molecular weight is 356 g/mol. The van der Waals surface area contributed by atoms with E-state index in [9.17, 15) is 0 Å². The summed E-state index contributed by atoms with van der Waals surface area (Å²) in [5.74, 6) is 2.54. The standard InChI is InChI=1S/C18H28N8/c1-15-20-17(12-18(21-15)25-9-2-3-10-25)16-6-4-7-24(13-16)8-5-11-26-14-19-22-23-26/h12,14,16H,2-11,13H2,1H3. The molecule has 2 fully saturated rings. The minimum absolute atomic E-state index is 0.514. The summed E-state index contributed by atoms with van der Waals surface area (Å²) in [5, 5.41) is 11.3. The zero-order valence-corrected chi connectivity index (χ0v) is 15.6. The lowest BCUT2D eigenvalue weighted by atomic mass is 9.94. The molecule has 2 aromatic heterocycles. The Morgan fingerprint density at radius 3 is 2.77 bits per heavy atom. The lowest BCUT2D eigenvalue weighted by molar-refractivity contribution is 0.200. The molecule has 2 saturated heterocycles. The number of anilines is 1. The Morgan fingerprint density at radius 2 is 1.96 bits per heavy atom. The van der Waals surface area contributed by atoms with E-state index in [4.69, 9.17) is 4.98 Å². The molecule has 1 unspecified atom stereocenters. The van der Waals surface area contributed by atoms with E-state index in [1.54, 1.807) is 11.0 Å². The van der Waals surface area contributed by atoms with Crippen LogP contribution in [0.25, 0.3) is 0 Å². The van der Waals surface area contributed by atoms with Crippen molar-refractivity contribution < 1.29 is 0 Å². The van der Waals surface area contributed by atoms with E-state index in [1.165, 1.54) is 37.9 Å². The van der Waals surface area contributed by atoms with Crippen molar-refractivity contribution in [3.63, 3.8) is 0 Å². The molecule has 0 aromatic carbocycles. The van der Waals surface area contributed by atoms with Gasteiger partial charge in [0.1, 0.15) is 18.0 Å². The van der Waals surface area contributed by atoms with Crippen LogP contribution in [-0.4, -0.2) is 67.8 Å². The molecule has 8 heteroatoms. The van der Waals surface area contributed by atoms with Gasteiger partial charge in [-0.05, 0) is 62.5 Å². The fourth-order valence-electron chi connectivity index (χ4n) is 4.13. The molecule has 0 bridgehead atoms. The smallest absolute Gasteiger partial charge is 0.138 e. The third-order valence-corrected chi connectivity index (χ3v) is 5.45. The molecule has 2 aromatic rings. The minimum Gasteiger partial charge on any atom is -0.357 e. The normalized spacial score (nSPS) is 21.4. The van der Waals surface area contributed by atoms with Gasteiger partial charge in [0.15, 0.2) is 0 Å². The van der Waals surface area contributed by atoms with Crippen LogP contribution >= 0.6 is 0 Å². The molecule has 4 rings (SSSR count). The van der Waals surface area contributed by atoms with Gasteiger partial charge >= 0.3 is 0 Å². The lowest BCUT2D eigenvalue weighted by Crippen LogP contribution is -2.36. The van der Waals surface area contributed by atoms with Gasteiger partial charge in [-0.1, -0.05) is 0 Å². The van der Waals surface area contributed by atoms with E-state index < -0.39 is 0 Å². The summed E-state index contributed by atoms with van der Waals surface area (Å²) in [6.07, 6.45) is 7.76. The molecule has 0 N–H and O–H groups in total. The largest absolute Gasteiger partial charge is 0.357 e. The summed E-state index contributed by atoms with van der Waals surface area (Å²) >= 11 is 0. The van der Waals surface area contributed by atoms with Crippen LogP contribution < -0.4 is 4.90 Å². The first kappa shape index (κ1) is 17.3. The van der Waals surface area contributed by atoms with Gasteiger partial charge in [0.05, 0.1) is 5.69 Å². The predicted molar refractivity (Wildman–Crippen MR) is 99.1 cm³/mol. The van der Waals surface area contributed by atoms with Gasteiger partial charge in [-0.3, -0.25) is 0 Å². The maximum atomic E-state index is 4.79. The second kappa shape index (κ2) is 8.07. The van der Waals surface area contributed by atoms with E-state index >= 15 is 0 Å². The quantitative estimate of drug-likeness (QED) is 0.779. The summed E-state index contributed by atoms with van der Waals surface area (Å²) in [5.41, 5.74) is 1.23. The maximum Gasteiger partial charge on any atom is 0.138 e. The number of piperidine rings is 1. The highest BCUT2D eigenvalue weighted by Crippen LogP contribution is 2.28. The zero-order valence-electron chi connectivity index (χ0n) is 15.6. The Balaban J connectivity index is 1.37. The van der Waals surface area contributed by atoms with Crippen LogP contribution in [0.15, 0.2) is 12.4 Å². The van der Waals surface area contributed by atoms with Crippen molar-refractivity contribution in [1.29, 1.82) is 0 Å². The van der Waals surface area contributed by atoms with Gasteiger partial charge in [-0.15, -0.1) is 5.10 Å². The highest BCUT2D eigenvalue weighted by molar-refractivity contribution is 5.41. The van der Waals surface area contributed by atoms with Gasteiger partial charge in [0.25, 0.3) is 0 Å². The van der Waals surface area contributed by atoms with E-state index in [1.807, 2.05) is 6.92 Å². The Hall–Kier alpha value is -2.09. The second-order valence-electron chi connectivity index (χ2n) is 7.46. The molecule has 2 aliphatic rings. The molecular formula is C18H28N8. The Bertz CT molecular complexity index is 695. The average Bonchev–Trinajstić information content (AvgIpc) is 3.36. The van der Waals surface area contributed by atoms with Gasteiger partial charge in [-0.2, -0.15) is 0 Å². The molecule has 140 valence electrons. The first-order chi connectivity index (χ1) is 12.8. The molecule has 8 nitrogen and oxygen atoms in total. The Morgan fingerprint density at radius 1 is 1.08 bits per heavy atom. The molecule has 1 atom stereocenters. The summed E-state index contributed by atoms with van der Waals surface area (Å²) in [6, 6.07) is 2.24. The van der Waals surface area contributed by atoms with Crippen molar-refractivity contribution in [2.24, 2.45) is 0 Å². The summed E-state index contributed by atoms with van der Waals surface area (Å²) in [7, 11) is 0. The van der Waals surface area contributed by atoms with E-state index in [2.05, 4.69) is 36.4 Å². The van der Waals surface area contributed by atoms with Crippen LogP contribution in [0.2, 0.25) is 0 Å². The fraction of sp³-hybridized carbons (Fsp3) is 0.722. The number of hydrogen-bond acceptors (Lipinski definition) is 7. The van der Waals surface area contributed by atoms with Crippen LogP contribution in [0.1, 0.15) is 49.5 Å². The number of aromatic nitrogens is 6. The highest BCUT2D eigenvalue weighted by Gasteiger charge is 2.24. The molecular weight excluding hydrogens is 328 g/mol. The van der Waals surface area contributed by atoms with Gasteiger partial charge in [0, 0.05) is 38.2 Å². The predicted octanol–water partition coefficient (Wildman–Crippen LogP) is 1.64. The number of likely N-dealkylation sites (tertiary alicyclic amines) is 1. The van der Waals surface area contributed by atoms with Gasteiger partial charge in [-0.25, -0.2) is 14.6 Å². The third-order valence-electron chi connectivity index (χ3n) is 5.45. The van der Waals surface area contributed by atoms with Gasteiger partial charge in [0.2, 0.25) is 0 Å². The SMILES string of the molecule is Cc1nc(C2CCCN(CCCn3cnnn3)C2)cc(N2CCCC2)n1. The van der Waals surface area contributed by atoms with Crippen molar-refractivity contribution in [2.45, 2.75) is 51.5 Å². The fourth-order valence-corrected chi connectivity index (χ4v) is 4.13. The van der Waals surface area contributed by atoms with Gasteiger partial charge < -0.3 is 9.80 Å². The first-order valence-electron chi connectivity index (χ1n) is 9.81. The first-order valence-corrected chi connectivity index (χ1v) is 9.81. The summed E-state index contributed by atoms with van der Waals surface area (Å²) < 4.78 is 1.80. The molecule has 2 aliphatic heterocycles. The molecule has 0 amide bonds. The summed E-state index contributed by atoms with van der Waals surface area (Å²) in [6.45, 7) is 8.50. The van der Waals surface area contributed by atoms with E-state index in [0.717, 1.165) is 50.8 Å². The number of hydrogen-bond donors (Lipinski definition) is 0. The Kier molecular flexibility index (Phi) is 5.38. The molecule has 0 aliphatic carbocycles. The van der Waals surface area contributed by atoms with Crippen LogP contribution in [0.4, 0.5) is 5.82 Å². The van der Waals surface area contributed by atoms with Crippen molar-refractivity contribution in [3.05, 3.63) is 23.9 Å². The number of tetrazole rings is 1. The van der Waals surface area contributed by atoms with Crippen LogP contribution in [0.3, 0.4) is 0 Å². The van der Waals surface area contributed by atoms with Crippen molar-refractivity contribution in [2.75, 3.05) is 37.6 Å². The van der Waals surface area contributed by atoms with Crippen molar-refractivity contribution in [1.82, 2.24) is 35.1 Å². The molecule has 0 spiro atoms. The second-order valence-corrected chi connectivity index (χ2v) is 7.46. The monoisotopic (exact) mass is 356 g/mol. The minimum atomic E-state index is 0.514. The maximum absolute atomic E-state index is 4.79. The number of aryl methyl sites for hydroxylation is 2. The lowest BCUT2D eigenvalue weighted by Gasteiger charge is -2.32. The van der Waals surface area contributed by atoms with Crippen LogP contribution in [-0.2, 0) is 6.54 Å². The molecule has 0 radical (unpaired) electrons. The summed E-state index contributed by atoms with van der Waals surface area (Å²) in [4.78, 5) is 14.4. The van der Waals surface area contributed by atoms with E-state index in [0.29, 0.717) is 5.92 Å². The number of nitrogens with zero attached hydrogens (tertiary/aromatic N) is 8. The molecule has 4 heterocycles. The van der Waals surface area contributed by atoms with Crippen LogP contribution in [0.5, 0.6) is 0 Å². The van der Waals surface area contributed by atoms with E-state index in [-0.39, 0.29) is 0 Å². The van der Waals surface area contributed by atoms with Crippen molar-refractivity contribution >= 4 is 5.82 Å².